The standard InChI is InChI=1S/C24H24ClN5O2/c1-16-14-29(8-9-30(16)24(31)18-6-4-3-5-7-18)15-20-11-21(25)10-19(17(20)2)12-22-27-28-23(13-26)32-22/h3-7,10-11,16H,8-9,12,14-15H2,1-2H3/t16-/m0/s1. The molecule has 0 aliphatic carbocycles. The van der Waals surface area contributed by atoms with Crippen LogP contribution in [0.3, 0.4) is 0 Å². The Hall–Kier alpha value is -3.21. The van der Waals surface area contributed by atoms with Gasteiger partial charge >= 0.3 is 5.89 Å². The molecule has 1 saturated heterocycles. The summed E-state index contributed by atoms with van der Waals surface area (Å²) < 4.78 is 5.33. The summed E-state index contributed by atoms with van der Waals surface area (Å²) >= 11 is 6.41. The zero-order valence-corrected chi connectivity index (χ0v) is 18.8. The maximum Gasteiger partial charge on any atom is 0.321 e. The number of piperazine rings is 1. The van der Waals surface area contributed by atoms with E-state index in [1.165, 1.54) is 0 Å². The number of hydrogen-bond donors (Lipinski definition) is 0. The van der Waals surface area contributed by atoms with E-state index < -0.39 is 0 Å². The second kappa shape index (κ2) is 9.51. The summed E-state index contributed by atoms with van der Waals surface area (Å²) in [4.78, 5) is 17.2. The number of carbonyl (C=O) groups is 1. The highest BCUT2D eigenvalue weighted by molar-refractivity contribution is 6.30. The predicted molar refractivity (Wildman–Crippen MR) is 120 cm³/mol. The fraction of sp³-hybridized carbons (Fsp3) is 0.333. The van der Waals surface area contributed by atoms with Crippen molar-refractivity contribution in [1.82, 2.24) is 20.0 Å². The van der Waals surface area contributed by atoms with Gasteiger partial charge in [0.15, 0.2) is 6.07 Å². The predicted octanol–water partition coefficient (Wildman–Crippen LogP) is 3.84. The molecular weight excluding hydrogens is 426 g/mol. The molecule has 2 heterocycles. The Balaban J connectivity index is 1.45. The average molecular weight is 450 g/mol. The fourth-order valence-corrected chi connectivity index (χ4v) is 4.41. The Labute approximate surface area is 192 Å². The zero-order valence-electron chi connectivity index (χ0n) is 18.1. The van der Waals surface area contributed by atoms with Gasteiger partial charge in [0.2, 0.25) is 5.89 Å². The van der Waals surface area contributed by atoms with Crippen LogP contribution in [0.4, 0.5) is 0 Å². The molecule has 4 rings (SSSR count). The largest absolute Gasteiger partial charge is 0.413 e. The van der Waals surface area contributed by atoms with Gasteiger partial charge < -0.3 is 9.32 Å². The lowest BCUT2D eigenvalue weighted by molar-refractivity contribution is 0.0475. The van der Waals surface area contributed by atoms with Crippen LogP contribution in [0.2, 0.25) is 5.02 Å². The van der Waals surface area contributed by atoms with E-state index in [-0.39, 0.29) is 17.8 Å². The second-order valence-corrected chi connectivity index (χ2v) is 8.52. The van der Waals surface area contributed by atoms with Gasteiger partial charge in [-0.1, -0.05) is 34.9 Å². The molecule has 1 atom stereocenters. The van der Waals surface area contributed by atoms with Crippen LogP contribution in [0.1, 0.15) is 45.8 Å². The van der Waals surface area contributed by atoms with Gasteiger partial charge in [0, 0.05) is 42.8 Å². The van der Waals surface area contributed by atoms with Gasteiger partial charge in [-0.3, -0.25) is 9.69 Å². The third-order valence-corrected chi connectivity index (χ3v) is 6.10. The normalized spacial score (nSPS) is 16.7. The van der Waals surface area contributed by atoms with Crippen molar-refractivity contribution in [2.45, 2.75) is 32.9 Å². The van der Waals surface area contributed by atoms with Crippen LogP contribution >= 0.6 is 11.6 Å². The van der Waals surface area contributed by atoms with Gasteiger partial charge in [-0.25, -0.2) is 0 Å². The molecule has 8 heteroatoms. The average Bonchev–Trinajstić information content (AvgIpc) is 3.25. The third-order valence-electron chi connectivity index (χ3n) is 5.88. The van der Waals surface area contributed by atoms with Gasteiger partial charge in [-0.05, 0) is 54.8 Å². The van der Waals surface area contributed by atoms with Crippen molar-refractivity contribution >= 4 is 17.5 Å². The first kappa shape index (κ1) is 22.0. The molecule has 7 nitrogen and oxygen atoms in total. The minimum Gasteiger partial charge on any atom is -0.413 e. The molecule has 0 unspecified atom stereocenters. The molecule has 1 aliphatic rings. The lowest BCUT2D eigenvalue weighted by Gasteiger charge is -2.40. The number of nitriles is 1. The maximum atomic E-state index is 12.9. The quantitative estimate of drug-likeness (QED) is 0.588. The van der Waals surface area contributed by atoms with Crippen LogP contribution < -0.4 is 0 Å². The van der Waals surface area contributed by atoms with E-state index in [9.17, 15) is 4.79 Å². The molecule has 1 fully saturated rings. The number of hydrogen-bond acceptors (Lipinski definition) is 6. The molecule has 0 spiro atoms. The van der Waals surface area contributed by atoms with Crippen LogP contribution in [0.15, 0.2) is 46.9 Å². The summed E-state index contributed by atoms with van der Waals surface area (Å²) in [5.74, 6) is 0.423. The van der Waals surface area contributed by atoms with Crippen molar-refractivity contribution in [2.75, 3.05) is 19.6 Å². The highest BCUT2D eigenvalue weighted by Crippen LogP contribution is 2.25. The summed E-state index contributed by atoms with van der Waals surface area (Å²) in [5.41, 5.74) is 3.96. The number of aromatic nitrogens is 2. The highest BCUT2D eigenvalue weighted by atomic mass is 35.5. The summed E-state index contributed by atoms with van der Waals surface area (Å²) in [6, 6.07) is 15.3. The van der Waals surface area contributed by atoms with Crippen LogP contribution in [0.5, 0.6) is 0 Å². The minimum atomic E-state index is -0.0446. The molecule has 3 aromatic rings. The van der Waals surface area contributed by atoms with Gasteiger partial charge in [-0.15, -0.1) is 5.10 Å². The van der Waals surface area contributed by atoms with E-state index in [0.717, 1.165) is 41.9 Å². The maximum absolute atomic E-state index is 12.9. The van der Waals surface area contributed by atoms with E-state index in [4.69, 9.17) is 21.3 Å². The Morgan fingerprint density at radius 1 is 1.22 bits per heavy atom. The molecule has 1 aromatic heterocycles. The molecule has 0 N–H and O–H groups in total. The number of halogens is 1. The third kappa shape index (κ3) is 4.82. The van der Waals surface area contributed by atoms with Crippen molar-refractivity contribution in [3.63, 3.8) is 0 Å². The van der Waals surface area contributed by atoms with Crippen LogP contribution in [-0.4, -0.2) is 51.6 Å². The molecule has 0 saturated carbocycles. The summed E-state index contributed by atoms with van der Waals surface area (Å²) in [5, 5.41) is 17.2. The molecular formula is C24H24ClN5O2. The summed E-state index contributed by atoms with van der Waals surface area (Å²) in [6.07, 6.45) is 0.420. The molecule has 1 aliphatic heterocycles. The molecule has 1 amide bonds. The Morgan fingerprint density at radius 3 is 2.66 bits per heavy atom. The Morgan fingerprint density at radius 2 is 1.97 bits per heavy atom. The number of benzene rings is 2. The van der Waals surface area contributed by atoms with Crippen molar-refractivity contribution in [2.24, 2.45) is 0 Å². The zero-order chi connectivity index (χ0) is 22.7. The van der Waals surface area contributed by atoms with Gasteiger partial charge in [-0.2, -0.15) is 5.26 Å². The van der Waals surface area contributed by atoms with E-state index in [2.05, 4.69) is 28.9 Å². The van der Waals surface area contributed by atoms with Crippen molar-refractivity contribution < 1.29 is 9.21 Å². The van der Waals surface area contributed by atoms with Crippen molar-refractivity contribution in [1.29, 1.82) is 5.26 Å². The Kier molecular flexibility index (Phi) is 6.54. The van der Waals surface area contributed by atoms with E-state index >= 15 is 0 Å². The SMILES string of the molecule is Cc1c(Cc2nnc(C#N)o2)cc(Cl)cc1CN1CCN(C(=O)c2ccccc2)[C@@H](C)C1. The fourth-order valence-electron chi connectivity index (χ4n) is 4.14. The van der Waals surface area contributed by atoms with E-state index in [1.54, 1.807) is 0 Å². The first-order chi connectivity index (χ1) is 15.4. The van der Waals surface area contributed by atoms with Gasteiger partial charge in [0.25, 0.3) is 5.91 Å². The topological polar surface area (TPSA) is 86.3 Å². The summed E-state index contributed by atoms with van der Waals surface area (Å²) in [6.45, 7) is 7.14. The number of amides is 1. The Bertz CT molecular complexity index is 1150. The monoisotopic (exact) mass is 449 g/mol. The summed E-state index contributed by atoms with van der Waals surface area (Å²) in [7, 11) is 0. The first-order valence-corrected chi connectivity index (χ1v) is 10.9. The molecule has 32 heavy (non-hydrogen) atoms. The van der Waals surface area contributed by atoms with Crippen LogP contribution in [0.25, 0.3) is 0 Å². The van der Waals surface area contributed by atoms with Crippen LogP contribution in [-0.2, 0) is 13.0 Å². The van der Waals surface area contributed by atoms with Crippen LogP contribution in [0, 0.1) is 18.3 Å². The second-order valence-electron chi connectivity index (χ2n) is 8.09. The van der Waals surface area contributed by atoms with Gasteiger partial charge in [0.1, 0.15) is 0 Å². The molecule has 2 aromatic carbocycles. The molecule has 0 radical (unpaired) electrons. The van der Waals surface area contributed by atoms with Crippen molar-refractivity contribution in [3.8, 4) is 6.07 Å². The number of nitrogens with zero attached hydrogens (tertiary/aromatic N) is 5. The molecule has 164 valence electrons. The number of rotatable bonds is 5. The van der Waals surface area contributed by atoms with Gasteiger partial charge in [0.05, 0.1) is 6.42 Å². The highest BCUT2D eigenvalue weighted by Gasteiger charge is 2.28. The van der Waals surface area contributed by atoms with Crippen molar-refractivity contribution in [3.05, 3.63) is 81.5 Å². The first-order valence-electron chi connectivity index (χ1n) is 10.5. The molecule has 0 bridgehead atoms. The van der Waals surface area contributed by atoms with E-state index in [1.807, 2.05) is 53.4 Å². The lowest BCUT2D eigenvalue weighted by atomic mass is 9.99. The lowest BCUT2D eigenvalue weighted by Crippen LogP contribution is -2.53. The minimum absolute atomic E-state index is 0.0446. The number of carbonyl (C=O) groups excluding carboxylic acids is 1. The smallest absolute Gasteiger partial charge is 0.321 e. The van der Waals surface area contributed by atoms with E-state index in [0.29, 0.717) is 23.9 Å².